The van der Waals surface area contributed by atoms with Gasteiger partial charge in [0.25, 0.3) is 0 Å². The molecule has 0 atom stereocenters. The van der Waals surface area contributed by atoms with Crippen LogP contribution in [0.1, 0.15) is 11.1 Å². The standard InChI is InChI=1S/C11H11ClFN3/c1-7-5-16(15-11(7)14)6-8-2-3-9(12)4-10(8)13/h2-5H,6H2,1H3,(H2,14,15). The highest BCUT2D eigenvalue weighted by Gasteiger charge is 2.06. The second kappa shape index (κ2) is 4.14. The highest BCUT2D eigenvalue weighted by atomic mass is 35.5. The van der Waals surface area contributed by atoms with Crippen LogP contribution in [-0.2, 0) is 6.54 Å². The summed E-state index contributed by atoms with van der Waals surface area (Å²) in [4.78, 5) is 0. The zero-order valence-electron chi connectivity index (χ0n) is 8.74. The van der Waals surface area contributed by atoms with Gasteiger partial charge in [-0.15, -0.1) is 0 Å². The molecule has 0 saturated carbocycles. The molecule has 2 N–H and O–H groups in total. The maximum Gasteiger partial charge on any atom is 0.148 e. The van der Waals surface area contributed by atoms with Crippen LogP contribution in [0.5, 0.6) is 0 Å². The number of aryl methyl sites for hydroxylation is 1. The quantitative estimate of drug-likeness (QED) is 0.876. The van der Waals surface area contributed by atoms with Gasteiger partial charge in [-0.3, -0.25) is 4.68 Å². The molecule has 0 bridgehead atoms. The summed E-state index contributed by atoms with van der Waals surface area (Å²) in [6.45, 7) is 2.21. The summed E-state index contributed by atoms with van der Waals surface area (Å²) in [5.41, 5.74) is 7.03. The van der Waals surface area contributed by atoms with E-state index in [9.17, 15) is 4.39 Å². The zero-order valence-corrected chi connectivity index (χ0v) is 9.50. The van der Waals surface area contributed by atoms with E-state index in [0.29, 0.717) is 22.9 Å². The molecule has 84 valence electrons. The first kappa shape index (κ1) is 11.0. The first-order valence-electron chi connectivity index (χ1n) is 4.79. The smallest absolute Gasteiger partial charge is 0.148 e. The minimum Gasteiger partial charge on any atom is -0.382 e. The Morgan fingerprint density at radius 1 is 1.50 bits per heavy atom. The topological polar surface area (TPSA) is 43.8 Å². The lowest BCUT2D eigenvalue weighted by Gasteiger charge is -2.03. The van der Waals surface area contributed by atoms with Crippen LogP contribution in [0, 0.1) is 12.7 Å². The molecule has 2 rings (SSSR count). The van der Waals surface area contributed by atoms with Crippen molar-refractivity contribution in [3.8, 4) is 0 Å². The summed E-state index contributed by atoms with van der Waals surface area (Å²) in [6.07, 6.45) is 1.78. The van der Waals surface area contributed by atoms with Crippen LogP contribution >= 0.6 is 11.6 Å². The van der Waals surface area contributed by atoms with Gasteiger partial charge in [0.2, 0.25) is 0 Å². The fraction of sp³-hybridized carbons (Fsp3) is 0.182. The van der Waals surface area contributed by atoms with Crippen LogP contribution < -0.4 is 5.73 Å². The van der Waals surface area contributed by atoms with Gasteiger partial charge in [-0.1, -0.05) is 17.7 Å². The van der Waals surface area contributed by atoms with Gasteiger partial charge in [0.15, 0.2) is 0 Å². The SMILES string of the molecule is Cc1cn(Cc2ccc(Cl)cc2F)nc1N. The molecular weight excluding hydrogens is 229 g/mol. The van der Waals surface area contributed by atoms with Crippen LogP contribution in [0.2, 0.25) is 5.02 Å². The summed E-state index contributed by atoms with van der Waals surface area (Å²) in [5, 5.41) is 4.45. The molecule has 0 aliphatic rings. The zero-order chi connectivity index (χ0) is 11.7. The van der Waals surface area contributed by atoms with Crippen molar-refractivity contribution in [2.75, 3.05) is 5.73 Å². The van der Waals surface area contributed by atoms with Crippen molar-refractivity contribution >= 4 is 17.4 Å². The van der Waals surface area contributed by atoms with Crippen LogP contribution in [0.15, 0.2) is 24.4 Å². The van der Waals surface area contributed by atoms with Crippen molar-refractivity contribution in [3.63, 3.8) is 0 Å². The van der Waals surface area contributed by atoms with Crippen LogP contribution in [0.3, 0.4) is 0 Å². The average molecular weight is 240 g/mol. The molecule has 0 amide bonds. The van der Waals surface area contributed by atoms with Crippen LogP contribution in [-0.4, -0.2) is 9.78 Å². The number of benzene rings is 1. The Morgan fingerprint density at radius 3 is 2.81 bits per heavy atom. The number of anilines is 1. The van der Waals surface area contributed by atoms with Gasteiger partial charge in [-0.2, -0.15) is 5.10 Å². The third-order valence-electron chi connectivity index (χ3n) is 2.33. The minimum absolute atomic E-state index is 0.334. The van der Waals surface area contributed by atoms with E-state index in [1.54, 1.807) is 23.0 Å². The Balaban J connectivity index is 2.27. The minimum atomic E-state index is -0.334. The van der Waals surface area contributed by atoms with Gasteiger partial charge < -0.3 is 5.73 Å². The predicted octanol–water partition coefficient (Wildman–Crippen LogP) is 2.61. The maximum atomic E-state index is 13.5. The monoisotopic (exact) mass is 239 g/mol. The van der Waals surface area contributed by atoms with Crippen molar-refractivity contribution in [2.45, 2.75) is 13.5 Å². The molecule has 2 aromatic rings. The number of hydrogen-bond acceptors (Lipinski definition) is 2. The summed E-state index contributed by atoms with van der Waals surface area (Å²) >= 11 is 5.67. The Labute approximate surface area is 97.6 Å². The molecule has 1 aromatic heterocycles. The van der Waals surface area contributed by atoms with E-state index in [0.717, 1.165) is 5.56 Å². The number of aromatic nitrogens is 2. The molecule has 0 unspecified atom stereocenters. The fourth-order valence-electron chi connectivity index (χ4n) is 1.44. The van der Waals surface area contributed by atoms with E-state index in [1.807, 2.05) is 6.92 Å². The predicted molar refractivity (Wildman–Crippen MR) is 61.9 cm³/mol. The largest absolute Gasteiger partial charge is 0.382 e. The number of nitrogen functional groups attached to an aromatic ring is 1. The molecular formula is C11H11ClFN3. The Kier molecular flexibility index (Phi) is 2.83. The van der Waals surface area contributed by atoms with Crippen LogP contribution in [0.4, 0.5) is 10.2 Å². The van der Waals surface area contributed by atoms with Crippen molar-refractivity contribution in [2.24, 2.45) is 0 Å². The number of nitrogens with zero attached hydrogens (tertiary/aromatic N) is 2. The van der Waals surface area contributed by atoms with Gasteiger partial charge in [-0.25, -0.2) is 4.39 Å². The van der Waals surface area contributed by atoms with Crippen molar-refractivity contribution in [1.29, 1.82) is 0 Å². The number of rotatable bonds is 2. The van der Waals surface area contributed by atoms with E-state index in [1.165, 1.54) is 6.07 Å². The summed E-state index contributed by atoms with van der Waals surface area (Å²) in [7, 11) is 0. The molecule has 3 nitrogen and oxygen atoms in total. The summed E-state index contributed by atoms with van der Waals surface area (Å²) in [5.74, 6) is 0.133. The molecule has 1 heterocycles. The second-order valence-corrected chi connectivity index (χ2v) is 4.07. The first-order valence-corrected chi connectivity index (χ1v) is 5.17. The van der Waals surface area contributed by atoms with E-state index in [-0.39, 0.29) is 5.82 Å². The fourth-order valence-corrected chi connectivity index (χ4v) is 1.60. The normalized spacial score (nSPS) is 10.7. The third-order valence-corrected chi connectivity index (χ3v) is 2.57. The molecule has 0 fully saturated rings. The number of hydrogen-bond donors (Lipinski definition) is 1. The highest BCUT2D eigenvalue weighted by Crippen LogP contribution is 2.16. The van der Waals surface area contributed by atoms with Gasteiger partial charge in [0.05, 0.1) is 6.54 Å². The highest BCUT2D eigenvalue weighted by molar-refractivity contribution is 6.30. The molecule has 0 aliphatic carbocycles. The number of halogens is 2. The molecule has 0 aliphatic heterocycles. The molecule has 0 saturated heterocycles. The second-order valence-electron chi connectivity index (χ2n) is 3.63. The van der Waals surface area contributed by atoms with Gasteiger partial charge in [0.1, 0.15) is 11.6 Å². The van der Waals surface area contributed by atoms with Gasteiger partial charge in [0, 0.05) is 22.3 Å². The summed E-state index contributed by atoms with van der Waals surface area (Å²) in [6, 6.07) is 4.58. The van der Waals surface area contributed by atoms with Gasteiger partial charge in [-0.05, 0) is 19.1 Å². The molecule has 1 aromatic carbocycles. The lowest BCUT2D eigenvalue weighted by atomic mass is 10.2. The Hall–Kier alpha value is -1.55. The lowest BCUT2D eigenvalue weighted by molar-refractivity contribution is 0.586. The number of nitrogens with two attached hydrogens (primary N) is 1. The van der Waals surface area contributed by atoms with Gasteiger partial charge >= 0.3 is 0 Å². The molecule has 16 heavy (non-hydrogen) atoms. The van der Waals surface area contributed by atoms with Crippen LogP contribution in [0.25, 0.3) is 0 Å². The van der Waals surface area contributed by atoms with Crippen molar-refractivity contribution in [1.82, 2.24) is 9.78 Å². The van der Waals surface area contributed by atoms with E-state index in [4.69, 9.17) is 17.3 Å². The molecule has 0 spiro atoms. The Bertz CT molecular complexity index is 502. The van der Waals surface area contributed by atoms with Crippen molar-refractivity contribution < 1.29 is 4.39 Å². The van der Waals surface area contributed by atoms with E-state index >= 15 is 0 Å². The van der Waals surface area contributed by atoms with E-state index in [2.05, 4.69) is 5.10 Å². The third kappa shape index (κ3) is 2.17. The lowest BCUT2D eigenvalue weighted by Crippen LogP contribution is -2.03. The Morgan fingerprint density at radius 2 is 2.25 bits per heavy atom. The molecule has 0 radical (unpaired) electrons. The summed E-state index contributed by atoms with van der Waals surface area (Å²) < 4.78 is 15.1. The average Bonchev–Trinajstić information content (AvgIpc) is 2.51. The molecule has 5 heteroatoms. The van der Waals surface area contributed by atoms with E-state index < -0.39 is 0 Å². The maximum absolute atomic E-state index is 13.5. The van der Waals surface area contributed by atoms with Crippen molar-refractivity contribution in [3.05, 3.63) is 46.4 Å². The first-order chi connectivity index (χ1) is 7.56.